The predicted octanol–water partition coefficient (Wildman–Crippen LogP) is 3.75. The molecule has 0 saturated carbocycles. The molecule has 4 heteroatoms. The Bertz CT molecular complexity index is 798. The van der Waals surface area contributed by atoms with E-state index in [1.165, 1.54) is 24.0 Å². The zero-order valence-corrected chi connectivity index (χ0v) is 16.7. The second-order valence-electron chi connectivity index (χ2n) is 8.17. The molecular weight excluding hydrogens is 348 g/mol. The molecule has 1 atom stereocenters. The van der Waals surface area contributed by atoms with Crippen LogP contribution in [0.4, 0.5) is 0 Å². The maximum absolute atomic E-state index is 12.6. The number of likely N-dealkylation sites (tertiary alicyclic amines) is 1. The average molecular weight is 379 g/mol. The monoisotopic (exact) mass is 378 g/mol. The summed E-state index contributed by atoms with van der Waals surface area (Å²) in [4.78, 5) is 15.2. The van der Waals surface area contributed by atoms with Gasteiger partial charge in [-0.3, -0.25) is 9.69 Å². The molecule has 0 aromatic heterocycles. The van der Waals surface area contributed by atoms with E-state index in [0.29, 0.717) is 13.0 Å². The number of ether oxygens (including phenoxy) is 1. The van der Waals surface area contributed by atoms with Gasteiger partial charge < -0.3 is 10.1 Å². The zero-order chi connectivity index (χ0) is 19.3. The molecule has 1 unspecified atom stereocenters. The fourth-order valence-corrected chi connectivity index (χ4v) is 4.28. The Morgan fingerprint density at radius 3 is 2.75 bits per heavy atom. The van der Waals surface area contributed by atoms with Gasteiger partial charge in [0, 0.05) is 13.0 Å². The van der Waals surface area contributed by atoms with Crippen LogP contribution in [-0.2, 0) is 17.6 Å². The van der Waals surface area contributed by atoms with Gasteiger partial charge in [0.2, 0.25) is 5.91 Å². The van der Waals surface area contributed by atoms with Gasteiger partial charge in [0.25, 0.3) is 0 Å². The SMILES string of the molecule is CC1CCN(C(CNC(=O)Cc2ccc3c(c2)CCO3)c2ccccc2)CC1. The molecule has 4 nitrogen and oxygen atoms in total. The Balaban J connectivity index is 1.38. The van der Waals surface area contributed by atoms with E-state index in [1.54, 1.807) is 0 Å². The van der Waals surface area contributed by atoms with Crippen molar-refractivity contribution in [1.29, 1.82) is 0 Å². The van der Waals surface area contributed by atoms with Gasteiger partial charge in [0.1, 0.15) is 5.75 Å². The van der Waals surface area contributed by atoms with Crippen LogP contribution >= 0.6 is 0 Å². The predicted molar refractivity (Wildman–Crippen MR) is 112 cm³/mol. The summed E-state index contributed by atoms with van der Waals surface area (Å²) in [5.74, 6) is 1.85. The van der Waals surface area contributed by atoms with E-state index in [0.717, 1.165) is 43.3 Å². The summed E-state index contributed by atoms with van der Waals surface area (Å²) in [6.07, 6.45) is 3.82. The van der Waals surface area contributed by atoms with Crippen LogP contribution in [0.15, 0.2) is 48.5 Å². The molecule has 1 N–H and O–H groups in total. The van der Waals surface area contributed by atoms with Gasteiger partial charge in [-0.2, -0.15) is 0 Å². The quantitative estimate of drug-likeness (QED) is 0.832. The lowest BCUT2D eigenvalue weighted by atomic mass is 9.95. The largest absolute Gasteiger partial charge is 0.493 e. The number of benzene rings is 2. The van der Waals surface area contributed by atoms with Crippen LogP contribution in [0.5, 0.6) is 5.75 Å². The lowest BCUT2D eigenvalue weighted by molar-refractivity contribution is -0.120. The highest BCUT2D eigenvalue weighted by atomic mass is 16.5. The first-order valence-electron chi connectivity index (χ1n) is 10.5. The topological polar surface area (TPSA) is 41.6 Å². The Morgan fingerprint density at radius 1 is 1.18 bits per heavy atom. The molecule has 148 valence electrons. The van der Waals surface area contributed by atoms with E-state index in [4.69, 9.17) is 4.74 Å². The number of carbonyl (C=O) groups is 1. The maximum Gasteiger partial charge on any atom is 0.224 e. The van der Waals surface area contributed by atoms with Crippen LogP contribution in [-0.4, -0.2) is 37.0 Å². The third-order valence-electron chi connectivity index (χ3n) is 6.05. The first-order chi connectivity index (χ1) is 13.7. The van der Waals surface area contributed by atoms with Crippen molar-refractivity contribution in [2.75, 3.05) is 26.2 Å². The van der Waals surface area contributed by atoms with E-state index >= 15 is 0 Å². The van der Waals surface area contributed by atoms with Crippen molar-refractivity contribution in [2.45, 2.75) is 38.6 Å². The summed E-state index contributed by atoms with van der Waals surface area (Å²) in [5.41, 5.74) is 3.56. The number of hydrogen-bond acceptors (Lipinski definition) is 3. The number of amides is 1. The number of rotatable bonds is 6. The second kappa shape index (κ2) is 8.78. The fraction of sp³-hybridized carbons (Fsp3) is 0.458. The average Bonchev–Trinajstić information content (AvgIpc) is 3.18. The molecule has 0 aliphatic carbocycles. The zero-order valence-electron chi connectivity index (χ0n) is 16.7. The number of nitrogens with one attached hydrogen (secondary N) is 1. The standard InChI is InChI=1S/C24H30N2O2/c1-18-9-12-26(13-10-18)22(20-5-3-2-4-6-20)17-25-24(27)16-19-7-8-23-21(15-19)11-14-28-23/h2-8,15,18,22H,9-14,16-17H2,1H3,(H,25,27). The molecule has 2 aromatic carbocycles. The second-order valence-corrected chi connectivity index (χ2v) is 8.17. The van der Waals surface area contributed by atoms with Crippen LogP contribution in [0.3, 0.4) is 0 Å². The van der Waals surface area contributed by atoms with Gasteiger partial charge in [-0.1, -0.05) is 49.4 Å². The van der Waals surface area contributed by atoms with Gasteiger partial charge >= 0.3 is 0 Å². The minimum absolute atomic E-state index is 0.0881. The minimum Gasteiger partial charge on any atom is -0.493 e. The molecule has 2 aliphatic heterocycles. The van der Waals surface area contributed by atoms with Crippen LogP contribution in [0.1, 0.15) is 42.5 Å². The van der Waals surface area contributed by atoms with Crippen molar-refractivity contribution < 1.29 is 9.53 Å². The number of carbonyl (C=O) groups excluding carboxylic acids is 1. The fourth-order valence-electron chi connectivity index (χ4n) is 4.28. The molecule has 0 spiro atoms. The molecule has 0 bridgehead atoms. The van der Waals surface area contributed by atoms with Gasteiger partial charge in [0.15, 0.2) is 0 Å². The molecule has 28 heavy (non-hydrogen) atoms. The first kappa shape index (κ1) is 19.0. The summed E-state index contributed by atoms with van der Waals surface area (Å²) in [7, 11) is 0. The van der Waals surface area contributed by atoms with E-state index in [2.05, 4.69) is 53.5 Å². The number of piperidine rings is 1. The Kier molecular flexibility index (Phi) is 5.96. The highest BCUT2D eigenvalue weighted by molar-refractivity contribution is 5.78. The molecule has 2 aliphatic rings. The molecule has 4 rings (SSSR count). The highest BCUT2D eigenvalue weighted by Crippen LogP contribution is 2.27. The molecule has 1 saturated heterocycles. The van der Waals surface area contributed by atoms with Crippen molar-refractivity contribution in [3.05, 3.63) is 65.2 Å². The molecular formula is C24H30N2O2. The van der Waals surface area contributed by atoms with E-state index < -0.39 is 0 Å². The van der Waals surface area contributed by atoms with Crippen LogP contribution < -0.4 is 10.1 Å². The third-order valence-corrected chi connectivity index (χ3v) is 6.05. The van der Waals surface area contributed by atoms with Gasteiger partial charge in [0.05, 0.1) is 19.1 Å². The van der Waals surface area contributed by atoms with Crippen molar-refractivity contribution in [2.24, 2.45) is 5.92 Å². The summed E-state index contributed by atoms with van der Waals surface area (Å²) in [5, 5.41) is 3.19. The van der Waals surface area contributed by atoms with Gasteiger partial charge in [-0.15, -0.1) is 0 Å². The minimum atomic E-state index is 0.0881. The van der Waals surface area contributed by atoms with Crippen LogP contribution in [0, 0.1) is 5.92 Å². The van der Waals surface area contributed by atoms with Crippen LogP contribution in [0.2, 0.25) is 0 Å². The lowest BCUT2D eigenvalue weighted by Gasteiger charge is -2.37. The summed E-state index contributed by atoms with van der Waals surface area (Å²) < 4.78 is 5.55. The van der Waals surface area contributed by atoms with Crippen molar-refractivity contribution in [3.8, 4) is 5.75 Å². The Hall–Kier alpha value is -2.33. The van der Waals surface area contributed by atoms with Crippen molar-refractivity contribution >= 4 is 5.91 Å². The number of nitrogens with zero attached hydrogens (tertiary/aromatic N) is 1. The Labute approximate surface area is 167 Å². The van der Waals surface area contributed by atoms with E-state index in [-0.39, 0.29) is 11.9 Å². The van der Waals surface area contributed by atoms with Crippen LogP contribution in [0.25, 0.3) is 0 Å². The third kappa shape index (κ3) is 4.56. The van der Waals surface area contributed by atoms with Crippen molar-refractivity contribution in [1.82, 2.24) is 10.2 Å². The summed E-state index contributed by atoms with van der Waals surface area (Å²) in [6.45, 7) is 5.94. The molecule has 2 aromatic rings. The van der Waals surface area contributed by atoms with E-state index in [1.807, 2.05) is 12.1 Å². The highest BCUT2D eigenvalue weighted by Gasteiger charge is 2.25. The van der Waals surface area contributed by atoms with Gasteiger partial charge in [-0.25, -0.2) is 0 Å². The molecule has 1 fully saturated rings. The summed E-state index contributed by atoms with van der Waals surface area (Å²) in [6, 6.07) is 16.9. The normalized spacial score (nSPS) is 18.3. The molecule has 0 radical (unpaired) electrons. The first-order valence-corrected chi connectivity index (χ1v) is 10.5. The summed E-state index contributed by atoms with van der Waals surface area (Å²) >= 11 is 0. The maximum atomic E-state index is 12.6. The molecule has 1 amide bonds. The van der Waals surface area contributed by atoms with Crippen molar-refractivity contribution in [3.63, 3.8) is 0 Å². The lowest BCUT2D eigenvalue weighted by Crippen LogP contribution is -2.42. The van der Waals surface area contributed by atoms with Gasteiger partial charge in [-0.05, 0) is 54.6 Å². The number of fused-ring (bicyclic) bond motifs is 1. The van der Waals surface area contributed by atoms with E-state index in [9.17, 15) is 4.79 Å². The Morgan fingerprint density at radius 2 is 1.96 bits per heavy atom. The smallest absolute Gasteiger partial charge is 0.224 e. The molecule has 2 heterocycles. The number of hydrogen-bond donors (Lipinski definition) is 1.